The third-order valence-electron chi connectivity index (χ3n) is 4.27. The zero-order valence-corrected chi connectivity index (χ0v) is 14.5. The second kappa shape index (κ2) is 5.76. The van der Waals surface area contributed by atoms with Crippen molar-refractivity contribution in [3.05, 3.63) is 57.1 Å². The molecule has 0 fully saturated rings. The van der Waals surface area contributed by atoms with E-state index in [4.69, 9.17) is 4.74 Å². The Morgan fingerprint density at radius 2 is 1.86 bits per heavy atom. The zero-order chi connectivity index (χ0) is 15.9. The van der Waals surface area contributed by atoms with E-state index >= 15 is 0 Å². The lowest BCUT2D eigenvalue weighted by Crippen LogP contribution is -2.24. The average Bonchev–Trinajstić information content (AvgIpc) is 2.48. The first-order valence-electron chi connectivity index (χ1n) is 7.24. The molecule has 1 unspecified atom stereocenters. The highest BCUT2D eigenvalue weighted by atomic mass is 79.9. The van der Waals surface area contributed by atoms with Gasteiger partial charge in [-0.15, -0.1) is 0 Å². The smallest absolute Gasteiger partial charge is 0.225 e. The number of hydrogen-bond donors (Lipinski definition) is 1. The van der Waals surface area contributed by atoms with Crippen molar-refractivity contribution in [3.8, 4) is 5.75 Å². The number of nitrogens with one attached hydrogen (secondary N) is 1. The van der Waals surface area contributed by atoms with Gasteiger partial charge in [-0.3, -0.25) is 4.79 Å². The van der Waals surface area contributed by atoms with Gasteiger partial charge in [0, 0.05) is 28.1 Å². The molecule has 4 heteroatoms. The highest BCUT2D eigenvalue weighted by Gasteiger charge is 2.29. The SMILES string of the molecule is COc1ccc(Br)cc1C1CC(=O)Nc2cc(C)c(C)cc21. The van der Waals surface area contributed by atoms with Crippen LogP contribution in [0.1, 0.15) is 34.6 Å². The molecule has 1 N–H and O–H groups in total. The molecule has 0 aliphatic carbocycles. The summed E-state index contributed by atoms with van der Waals surface area (Å²) >= 11 is 3.52. The van der Waals surface area contributed by atoms with Gasteiger partial charge in [0.1, 0.15) is 5.75 Å². The molecule has 2 aromatic carbocycles. The quantitative estimate of drug-likeness (QED) is 0.853. The van der Waals surface area contributed by atoms with Gasteiger partial charge >= 0.3 is 0 Å². The number of fused-ring (bicyclic) bond motifs is 1. The predicted octanol–water partition coefficient (Wildman–Crippen LogP) is 4.55. The van der Waals surface area contributed by atoms with Crippen LogP contribution in [0.15, 0.2) is 34.8 Å². The monoisotopic (exact) mass is 359 g/mol. The summed E-state index contributed by atoms with van der Waals surface area (Å²) in [5.74, 6) is 0.866. The Morgan fingerprint density at radius 1 is 1.14 bits per heavy atom. The molecule has 1 aliphatic rings. The Labute approximate surface area is 138 Å². The number of rotatable bonds is 2. The van der Waals surface area contributed by atoms with Crippen LogP contribution in [0.4, 0.5) is 5.69 Å². The fourth-order valence-corrected chi connectivity index (χ4v) is 3.37. The molecule has 1 amide bonds. The fourth-order valence-electron chi connectivity index (χ4n) is 2.99. The molecular weight excluding hydrogens is 342 g/mol. The van der Waals surface area contributed by atoms with E-state index < -0.39 is 0 Å². The van der Waals surface area contributed by atoms with E-state index in [0.29, 0.717) is 6.42 Å². The number of benzene rings is 2. The summed E-state index contributed by atoms with van der Waals surface area (Å²) in [6, 6.07) is 10.2. The van der Waals surface area contributed by atoms with Crippen LogP contribution in [-0.4, -0.2) is 13.0 Å². The molecule has 0 saturated carbocycles. The van der Waals surface area contributed by atoms with E-state index in [1.165, 1.54) is 11.1 Å². The Bertz CT molecular complexity index is 755. The molecule has 114 valence electrons. The minimum Gasteiger partial charge on any atom is -0.496 e. The minimum absolute atomic E-state index is 0.00972. The van der Waals surface area contributed by atoms with Gasteiger partial charge in [-0.2, -0.15) is 0 Å². The summed E-state index contributed by atoms with van der Waals surface area (Å²) in [6.45, 7) is 4.16. The maximum atomic E-state index is 12.1. The molecule has 0 spiro atoms. The summed E-state index contributed by atoms with van der Waals surface area (Å²) < 4.78 is 6.49. The second-order valence-electron chi connectivity index (χ2n) is 5.71. The zero-order valence-electron chi connectivity index (χ0n) is 12.9. The van der Waals surface area contributed by atoms with Gasteiger partial charge in [0.05, 0.1) is 7.11 Å². The number of anilines is 1. The number of aryl methyl sites for hydroxylation is 2. The highest BCUT2D eigenvalue weighted by molar-refractivity contribution is 9.10. The predicted molar refractivity (Wildman–Crippen MR) is 91.7 cm³/mol. The molecule has 1 aliphatic heterocycles. The van der Waals surface area contributed by atoms with Crippen LogP contribution in [0.5, 0.6) is 5.75 Å². The number of amides is 1. The second-order valence-corrected chi connectivity index (χ2v) is 6.63. The molecule has 2 aromatic rings. The summed E-state index contributed by atoms with van der Waals surface area (Å²) in [5.41, 5.74) is 5.51. The Kier molecular flexibility index (Phi) is 3.96. The average molecular weight is 360 g/mol. The normalized spacial score (nSPS) is 16.9. The van der Waals surface area contributed by atoms with Gasteiger partial charge in [0.15, 0.2) is 0 Å². The molecule has 3 rings (SSSR count). The van der Waals surface area contributed by atoms with Gasteiger partial charge < -0.3 is 10.1 Å². The Balaban J connectivity index is 2.19. The lowest BCUT2D eigenvalue weighted by atomic mass is 9.83. The molecule has 0 aromatic heterocycles. The third-order valence-corrected chi connectivity index (χ3v) is 4.77. The van der Waals surface area contributed by atoms with Crippen LogP contribution >= 0.6 is 15.9 Å². The van der Waals surface area contributed by atoms with Crippen molar-refractivity contribution in [1.82, 2.24) is 0 Å². The molecule has 0 saturated heterocycles. The van der Waals surface area contributed by atoms with Crippen LogP contribution in [-0.2, 0) is 4.79 Å². The fraction of sp³-hybridized carbons (Fsp3) is 0.278. The first-order chi connectivity index (χ1) is 10.5. The topological polar surface area (TPSA) is 38.3 Å². The van der Waals surface area contributed by atoms with Crippen LogP contribution < -0.4 is 10.1 Å². The minimum atomic E-state index is 0.00972. The number of methoxy groups -OCH3 is 1. The van der Waals surface area contributed by atoms with Crippen molar-refractivity contribution in [3.63, 3.8) is 0 Å². The summed E-state index contributed by atoms with van der Waals surface area (Å²) in [6.07, 6.45) is 0.433. The van der Waals surface area contributed by atoms with E-state index in [9.17, 15) is 4.79 Å². The number of carbonyl (C=O) groups excluding carboxylic acids is 1. The third kappa shape index (κ3) is 2.63. The van der Waals surface area contributed by atoms with Gasteiger partial charge in [0.25, 0.3) is 0 Å². The van der Waals surface area contributed by atoms with Crippen LogP contribution in [0.3, 0.4) is 0 Å². The largest absolute Gasteiger partial charge is 0.496 e. The molecule has 22 heavy (non-hydrogen) atoms. The lowest BCUT2D eigenvalue weighted by molar-refractivity contribution is -0.116. The molecular formula is C18H18BrNO2. The van der Waals surface area contributed by atoms with Crippen LogP contribution in [0, 0.1) is 13.8 Å². The Morgan fingerprint density at radius 3 is 2.59 bits per heavy atom. The van der Waals surface area contributed by atoms with Gasteiger partial charge in [-0.05, 0) is 54.8 Å². The standard InChI is InChI=1S/C18H18BrNO2/c1-10-6-14-13(9-18(21)20-16(14)7-11(10)2)15-8-12(19)4-5-17(15)22-3/h4-8,13H,9H2,1-3H3,(H,20,21). The Hall–Kier alpha value is -1.81. The van der Waals surface area contributed by atoms with Crippen molar-refractivity contribution in [2.45, 2.75) is 26.2 Å². The van der Waals surface area contributed by atoms with E-state index in [0.717, 1.165) is 27.0 Å². The molecule has 0 bridgehead atoms. The maximum Gasteiger partial charge on any atom is 0.225 e. The molecule has 3 nitrogen and oxygen atoms in total. The lowest BCUT2D eigenvalue weighted by Gasteiger charge is -2.28. The first kappa shape index (κ1) is 15.1. The molecule has 1 heterocycles. The van der Waals surface area contributed by atoms with Crippen LogP contribution in [0.25, 0.3) is 0 Å². The van der Waals surface area contributed by atoms with E-state index in [2.05, 4.69) is 47.2 Å². The molecule has 0 radical (unpaired) electrons. The highest BCUT2D eigenvalue weighted by Crippen LogP contribution is 2.42. The summed E-state index contributed by atoms with van der Waals surface area (Å²) in [7, 11) is 1.66. The molecule has 1 atom stereocenters. The first-order valence-corrected chi connectivity index (χ1v) is 8.03. The maximum absolute atomic E-state index is 12.1. The van der Waals surface area contributed by atoms with Crippen molar-refractivity contribution < 1.29 is 9.53 Å². The summed E-state index contributed by atoms with van der Waals surface area (Å²) in [4.78, 5) is 12.1. The van der Waals surface area contributed by atoms with Gasteiger partial charge in [-0.1, -0.05) is 22.0 Å². The number of halogens is 1. The van der Waals surface area contributed by atoms with Crippen LogP contribution in [0.2, 0.25) is 0 Å². The van der Waals surface area contributed by atoms with E-state index in [1.54, 1.807) is 7.11 Å². The van der Waals surface area contributed by atoms with E-state index in [-0.39, 0.29) is 11.8 Å². The summed E-state index contributed by atoms with van der Waals surface area (Å²) in [5, 5.41) is 2.99. The number of hydrogen-bond acceptors (Lipinski definition) is 2. The van der Waals surface area contributed by atoms with Crippen molar-refractivity contribution in [2.75, 3.05) is 12.4 Å². The van der Waals surface area contributed by atoms with Crippen molar-refractivity contribution >= 4 is 27.5 Å². The van der Waals surface area contributed by atoms with Crippen molar-refractivity contribution in [2.24, 2.45) is 0 Å². The van der Waals surface area contributed by atoms with E-state index in [1.807, 2.05) is 18.2 Å². The van der Waals surface area contributed by atoms with Crippen molar-refractivity contribution in [1.29, 1.82) is 0 Å². The van der Waals surface area contributed by atoms with Gasteiger partial charge in [-0.25, -0.2) is 0 Å². The number of carbonyl (C=O) groups is 1. The number of ether oxygens (including phenoxy) is 1. The van der Waals surface area contributed by atoms with Gasteiger partial charge in [0.2, 0.25) is 5.91 Å².